The lowest BCUT2D eigenvalue weighted by molar-refractivity contribution is 0.104. The summed E-state index contributed by atoms with van der Waals surface area (Å²) in [5, 5.41) is 12.9. The third kappa shape index (κ3) is 7.54. The molecule has 104 valence electrons. The Labute approximate surface area is 112 Å². The normalized spacial score (nSPS) is 12.9. The van der Waals surface area contributed by atoms with Crippen LogP contribution in [0.1, 0.15) is 12.8 Å². The van der Waals surface area contributed by atoms with Crippen LogP contribution in [0.5, 0.6) is 5.88 Å². The summed E-state index contributed by atoms with van der Waals surface area (Å²) < 4.78 is 13.0. The molecule has 0 aliphatic carbocycles. The van der Waals surface area contributed by atoms with Crippen molar-refractivity contribution >= 4 is 11.7 Å². The zero-order valence-corrected chi connectivity index (χ0v) is 11.8. The van der Waals surface area contributed by atoms with Crippen LogP contribution in [0.2, 0.25) is 0 Å². The molecular weight excluding hydrogens is 252 g/mol. The summed E-state index contributed by atoms with van der Waals surface area (Å²) in [6.07, 6.45) is 3.31. The van der Waals surface area contributed by atoms with Gasteiger partial charge < -0.3 is 20.1 Å². The predicted octanol–water partition coefficient (Wildman–Crippen LogP) is 0.209. The van der Waals surface area contributed by atoms with E-state index >= 15 is 0 Å². The first-order valence-corrected chi connectivity index (χ1v) is 6.85. The zero-order chi connectivity index (χ0) is 13.2. The van der Waals surface area contributed by atoms with E-state index in [1.54, 1.807) is 6.20 Å². The number of aliphatic hydroxyl groups excluding tert-OH is 1. The van der Waals surface area contributed by atoms with Gasteiger partial charge in [-0.3, -0.25) is 0 Å². The second-order valence-electron chi connectivity index (χ2n) is 4.43. The topological polar surface area (TPSA) is 70.5 Å². The highest BCUT2D eigenvalue weighted by Crippen LogP contribution is 2.04. The maximum absolute atomic E-state index is 9.65. The number of ether oxygens (including phenoxy) is 1. The summed E-state index contributed by atoms with van der Waals surface area (Å²) >= 11 is 1.09. The second-order valence-corrected chi connectivity index (χ2v) is 4.98. The number of aromatic nitrogens is 2. The van der Waals surface area contributed by atoms with Gasteiger partial charge in [0.2, 0.25) is 5.88 Å². The quantitative estimate of drug-likeness (QED) is 0.594. The molecule has 0 aliphatic heterocycles. The van der Waals surface area contributed by atoms with E-state index in [1.807, 2.05) is 0 Å². The molecule has 1 heterocycles. The van der Waals surface area contributed by atoms with Gasteiger partial charge in [-0.15, -0.1) is 4.37 Å². The van der Waals surface area contributed by atoms with Crippen LogP contribution in [-0.4, -0.2) is 65.2 Å². The fourth-order valence-corrected chi connectivity index (χ4v) is 1.77. The molecule has 1 unspecified atom stereocenters. The number of hydrogen-bond donors (Lipinski definition) is 2. The van der Waals surface area contributed by atoms with Gasteiger partial charge in [0.15, 0.2) is 0 Å². The summed E-state index contributed by atoms with van der Waals surface area (Å²) in [5.74, 6) is 0.477. The Hall–Kier alpha value is -0.760. The van der Waals surface area contributed by atoms with E-state index in [9.17, 15) is 5.11 Å². The number of hydrogen-bond acceptors (Lipinski definition) is 7. The van der Waals surface area contributed by atoms with Gasteiger partial charge in [-0.1, -0.05) is 0 Å². The van der Waals surface area contributed by atoms with Gasteiger partial charge in [-0.2, -0.15) is 4.37 Å². The van der Waals surface area contributed by atoms with Gasteiger partial charge >= 0.3 is 0 Å². The van der Waals surface area contributed by atoms with Gasteiger partial charge in [-0.25, -0.2) is 0 Å². The van der Waals surface area contributed by atoms with Gasteiger partial charge in [0.1, 0.15) is 18.9 Å². The molecule has 0 saturated carbocycles. The van der Waals surface area contributed by atoms with Crippen molar-refractivity contribution in [2.45, 2.75) is 18.9 Å². The maximum atomic E-state index is 9.65. The maximum Gasteiger partial charge on any atom is 0.245 e. The number of rotatable bonds is 10. The highest BCUT2D eigenvalue weighted by Gasteiger charge is 2.05. The van der Waals surface area contributed by atoms with Crippen molar-refractivity contribution in [1.82, 2.24) is 19.0 Å². The first kappa shape index (κ1) is 15.3. The molecule has 0 spiro atoms. The highest BCUT2D eigenvalue weighted by atomic mass is 32.1. The minimum atomic E-state index is -0.513. The first-order chi connectivity index (χ1) is 8.68. The molecule has 0 fully saturated rings. The number of nitrogens with zero attached hydrogens (tertiary/aromatic N) is 3. The Bertz CT molecular complexity index is 295. The van der Waals surface area contributed by atoms with Crippen LogP contribution in [0.4, 0.5) is 0 Å². The smallest absolute Gasteiger partial charge is 0.245 e. The lowest BCUT2D eigenvalue weighted by Crippen LogP contribution is -2.32. The van der Waals surface area contributed by atoms with Crippen molar-refractivity contribution in [2.75, 3.05) is 40.3 Å². The largest absolute Gasteiger partial charge is 0.473 e. The molecule has 1 aromatic heterocycles. The van der Waals surface area contributed by atoms with Gasteiger partial charge in [0.25, 0.3) is 0 Å². The average molecular weight is 274 g/mol. The lowest BCUT2D eigenvalue weighted by atomic mass is 10.3. The van der Waals surface area contributed by atoms with Crippen molar-refractivity contribution in [1.29, 1.82) is 0 Å². The van der Waals surface area contributed by atoms with Crippen molar-refractivity contribution in [2.24, 2.45) is 0 Å². The molecule has 0 aliphatic rings. The van der Waals surface area contributed by atoms with E-state index in [4.69, 9.17) is 4.74 Å². The van der Waals surface area contributed by atoms with Crippen LogP contribution < -0.4 is 10.1 Å². The van der Waals surface area contributed by atoms with E-state index in [2.05, 4.69) is 33.1 Å². The molecule has 2 N–H and O–H groups in total. The van der Waals surface area contributed by atoms with E-state index < -0.39 is 6.10 Å². The van der Waals surface area contributed by atoms with Crippen LogP contribution >= 0.6 is 11.7 Å². The molecule has 1 atom stereocenters. The van der Waals surface area contributed by atoms with E-state index in [0.717, 1.165) is 37.7 Å². The van der Waals surface area contributed by atoms with Gasteiger partial charge in [0.05, 0.1) is 11.7 Å². The summed E-state index contributed by atoms with van der Waals surface area (Å²) in [6.45, 7) is 2.81. The second kappa shape index (κ2) is 9.21. The predicted molar refractivity (Wildman–Crippen MR) is 72.1 cm³/mol. The van der Waals surface area contributed by atoms with E-state index in [1.165, 1.54) is 0 Å². The Morgan fingerprint density at radius 1 is 1.50 bits per heavy atom. The van der Waals surface area contributed by atoms with Gasteiger partial charge in [-0.05, 0) is 40.0 Å². The van der Waals surface area contributed by atoms with Crippen molar-refractivity contribution in [3.8, 4) is 5.88 Å². The first-order valence-electron chi connectivity index (χ1n) is 6.12. The van der Waals surface area contributed by atoms with E-state index in [-0.39, 0.29) is 6.61 Å². The molecule has 0 radical (unpaired) electrons. The Morgan fingerprint density at radius 3 is 3.00 bits per heavy atom. The molecule has 7 heteroatoms. The Balaban J connectivity index is 1.92. The molecule has 0 saturated heterocycles. The van der Waals surface area contributed by atoms with Crippen LogP contribution in [0.3, 0.4) is 0 Å². The zero-order valence-electron chi connectivity index (χ0n) is 11.0. The Kier molecular flexibility index (Phi) is 7.83. The van der Waals surface area contributed by atoms with Crippen molar-refractivity contribution in [3.63, 3.8) is 0 Å². The standard InChI is InChI=1S/C11H22N4O2S/c1-15(2)6-4-3-5-12-7-10(16)9-17-11-8-13-18-14-11/h8,10,12,16H,3-7,9H2,1-2H3. The third-order valence-corrected chi connectivity index (χ3v) is 2.81. The summed E-state index contributed by atoms with van der Waals surface area (Å²) in [7, 11) is 4.14. The summed E-state index contributed by atoms with van der Waals surface area (Å²) in [6, 6.07) is 0. The van der Waals surface area contributed by atoms with Crippen molar-refractivity contribution < 1.29 is 9.84 Å². The SMILES string of the molecule is CN(C)CCCCNCC(O)COc1cnsn1. The molecule has 0 bridgehead atoms. The number of aliphatic hydroxyl groups is 1. The molecular formula is C11H22N4O2S. The van der Waals surface area contributed by atoms with Crippen LogP contribution in [0.25, 0.3) is 0 Å². The number of unbranched alkanes of at least 4 members (excludes halogenated alkanes) is 1. The van der Waals surface area contributed by atoms with Crippen LogP contribution in [0.15, 0.2) is 6.20 Å². The van der Waals surface area contributed by atoms with Crippen LogP contribution in [0, 0.1) is 0 Å². The summed E-state index contributed by atoms with van der Waals surface area (Å²) in [5.41, 5.74) is 0. The Morgan fingerprint density at radius 2 is 2.33 bits per heavy atom. The molecule has 6 nitrogen and oxygen atoms in total. The van der Waals surface area contributed by atoms with Gasteiger partial charge in [0, 0.05) is 6.54 Å². The highest BCUT2D eigenvalue weighted by molar-refractivity contribution is 6.99. The van der Waals surface area contributed by atoms with E-state index in [0.29, 0.717) is 12.4 Å². The monoisotopic (exact) mass is 274 g/mol. The number of nitrogens with one attached hydrogen (secondary N) is 1. The third-order valence-electron chi connectivity index (χ3n) is 2.35. The fraction of sp³-hybridized carbons (Fsp3) is 0.818. The molecule has 1 rings (SSSR count). The molecule has 0 amide bonds. The molecule has 0 aromatic carbocycles. The van der Waals surface area contributed by atoms with Crippen LogP contribution in [-0.2, 0) is 0 Å². The summed E-state index contributed by atoms with van der Waals surface area (Å²) in [4.78, 5) is 2.17. The molecule has 1 aromatic rings. The minimum absolute atomic E-state index is 0.246. The average Bonchev–Trinajstić information content (AvgIpc) is 2.83. The molecule has 18 heavy (non-hydrogen) atoms. The fourth-order valence-electron chi connectivity index (χ4n) is 1.41. The van der Waals surface area contributed by atoms with Crippen molar-refractivity contribution in [3.05, 3.63) is 6.20 Å². The minimum Gasteiger partial charge on any atom is -0.473 e. The lowest BCUT2D eigenvalue weighted by Gasteiger charge is -2.12.